The van der Waals surface area contributed by atoms with Crippen LogP contribution in [0, 0.1) is 0 Å². The molecule has 0 unspecified atom stereocenters. The van der Waals surface area contributed by atoms with Gasteiger partial charge in [-0.1, -0.05) is 19.2 Å². The molecule has 0 heterocycles. The molecule has 0 aromatic heterocycles. The topological polar surface area (TPSA) is 20.3 Å². The Morgan fingerprint density at radius 3 is 2.17 bits per heavy atom. The van der Waals surface area contributed by atoms with Crippen LogP contribution in [0.3, 0.4) is 0 Å². The first-order valence-electron chi connectivity index (χ1n) is 3.74. The average Bonchev–Trinajstić information content (AvgIpc) is 2.05. The number of carbonyl (C=O) groups is 1. The molecule has 0 aromatic rings. The maximum Gasteiger partial charge on any atom is 0.151 e. The van der Waals surface area contributed by atoms with Gasteiger partial charge in [0.15, 0.2) is 6.29 Å². The molecular weight excluding hydrogens is 150 g/mol. The number of nitrogens with zero attached hydrogens (tertiary/aromatic N) is 1. The van der Waals surface area contributed by atoms with Crippen molar-refractivity contribution in [2.75, 3.05) is 7.05 Å². The van der Waals surface area contributed by atoms with E-state index < -0.39 is 0 Å². The van der Waals surface area contributed by atoms with E-state index >= 15 is 0 Å². The summed E-state index contributed by atoms with van der Waals surface area (Å²) in [5.41, 5.74) is 2.14. The van der Waals surface area contributed by atoms with E-state index in [1.165, 1.54) is 0 Å². The Bertz CT molecular complexity index is 238. The fourth-order valence-corrected chi connectivity index (χ4v) is 0.727. The van der Waals surface area contributed by atoms with Crippen LogP contribution in [0.1, 0.15) is 13.8 Å². The second-order valence-corrected chi connectivity index (χ2v) is 2.60. The SMILES string of the molecule is C=C(C)N(C)C(=C)/C(C=O)=C\C. The summed E-state index contributed by atoms with van der Waals surface area (Å²) >= 11 is 0. The number of hydrogen-bond donors (Lipinski definition) is 0. The molecule has 0 fully saturated rings. The van der Waals surface area contributed by atoms with Gasteiger partial charge in [0, 0.05) is 24.0 Å². The number of aldehydes is 1. The molecule has 0 bridgehead atoms. The minimum absolute atomic E-state index is 0.598. The minimum atomic E-state index is 0.598. The Morgan fingerprint density at radius 2 is 1.92 bits per heavy atom. The Labute approximate surface area is 73.9 Å². The highest BCUT2D eigenvalue weighted by atomic mass is 16.1. The molecule has 0 aliphatic heterocycles. The van der Waals surface area contributed by atoms with Gasteiger partial charge >= 0.3 is 0 Å². The van der Waals surface area contributed by atoms with Gasteiger partial charge in [-0.25, -0.2) is 0 Å². The van der Waals surface area contributed by atoms with Gasteiger partial charge in [0.1, 0.15) is 0 Å². The van der Waals surface area contributed by atoms with Crippen LogP contribution in [-0.2, 0) is 4.79 Å². The second kappa shape index (κ2) is 4.54. The smallest absolute Gasteiger partial charge is 0.151 e. The van der Waals surface area contributed by atoms with E-state index in [1.54, 1.807) is 17.9 Å². The maximum atomic E-state index is 10.5. The quantitative estimate of drug-likeness (QED) is 0.361. The van der Waals surface area contributed by atoms with Crippen LogP contribution in [-0.4, -0.2) is 18.2 Å². The predicted octanol–water partition coefficient (Wildman–Crippen LogP) is 2.11. The molecule has 66 valence electrons. The van der Waals surface area contributed by atoms with E-state index in [2.05, 4.69) is 13.2 Å². The summed E-state index contributed by atoms with van der Waals surface area (Å²) in [5.74, 6) is 0. The Morgan fingerprint density at radius 1 is 1.42 bits per heavy atom. The summed E-state index contributed by atoms with van der Waals surface area (Å²) in [7, 11) is 1.83. The fourth-order valence-electron chi connectivity index (χ4n) is 0.727. The molecule has 0 saturated heterocycles. The molecule has 2 nitrogen and oxygen atoms in total. The van der Waals surface area contributed by atoms with Crippen molar-refractivity contribution in [1.82, 2.24) is 4.90 Å². The lowest BCUT2D eigenvalue weighted by molar-refractivity contribution is -0.104. The summed E-state index contributed by atoms with van der Waals surface area (Å²) in [4.78, 5) is 12.3. The van der Waals surface area contributed by atoms with Gasteiger partial charge in [0.2, 0.25) is 0 Å². The lowest BCUT2D eigenvalue weighted by Gasteiger charge is -2.21. The third-order valence-electron chi connectivity index (χ3n) is 1.75. The van der Waals surface area contributed by atoms with Gasteiger partial charge in [-0.2, -0.15) is 0 Å². The van der Waals surface area contributed by atoms with Crippen LogP contribution in [0.25, 0.3) is 0 Å². The third-order valence-corrected chi connectivity index (χ3v) is 1.75. The Balaban J connectivity index is 4.59. The van der Waals surface area contributed by atoms with E-state index in [9.17, 15) is 4.79 Å². The van der Waals surface area contributed by atoms with Gasteiger partial charge in [-0.15, -0.1) is 0 Å². The molecule has 0 radical (unpaired) electrons. The van der Waals surface area contributed by atoms with Crippen molar-refractivity contribution in [3.8, 4) is 0 Å². The zero-order valence-electron chi connectivity index (χ0n) is 7.92. The monoisotopic (exact) mass is 165 g/mol. The minimum Gasteiger partial charge on any atom is -0.349 e. The first-order valence-corrected chi connectivity index (χ1v) is 3.74. The van der Waals surface area contributed by atoms with E-state index in [-0.39, 0.29) is 0 Å². The number of likely N-dealkylation sites (N-methyl/N-ethyl adjacent to an activating group) is 1. The van der Waals surface area contributed by atoms with Crippen molar-refractivity contribution in [1.29, 1.82) is 0 Å². The van der Waals surface area contributed by atoms with E-state index in [0.29, 0.717) is 11.3 Å². The number of rotatable bonds is 4. The molecule has 0 amide bonds. The van der Waals surface area contributed by atoms with Crippen LogP contribution in [0.2, 0.25) is 0 Å². The molecule has 0 aliphatic rings. The molecule has 12 heavy (non-hydrogen) atoms. The molecule has 0 spiro atoms. The molecule has 0 saturated carbocycles. The Hall–Kier alpha value is -1.31. The van der Waals surface area contributed by atoms with E-state index in [1.807, 2.05) is 14.0 Å². The van der Waals surface area contributed by atoms with Gasteiger partial charge in [-0.3, -0.25) is 4.79 Å². The highest BCUT2D eigenvalue weighted by molar-refractivity contribution is 5.79. The van der Waals surface area contributed by atoms with Crippen molar-refractivity contribution in [2.45, 2.75) is 13.8 Å². The summed E-state index contributed by atoms with van der Waals surface area (Å²) in [6.07, 6.45) is 2.52. The van der Waals surface area contributed by atoms with Crippen LogP contribution in [0.15, 0.2) is 36.2 Å². The molecule has 0 aromatic carbocycles. The highest BCUT2D eigenvalue weighted by Crippen LogP contribution is 2.13. The predicted molar refractivity (Wildman–Crippen MR) is 51.5 cm³/mol. The maximum absolute atomic E-state index is 10.5. The van der Waals surface area contributed by atoms with Crippen molar-refractivity contribution in [2.24, 2.45) is 0 Å². The number of allylic oxidation sites excluding steroid dienone is 3. The molecule has 2 heteroatoms. The number of hydrogen-bond acceptors (Lipinski definition) is 2. The lowest BCUT2D eigenvalue weighted by Crippen LogP contribution is -2.15. The standard InChI is InChI=1S/C10H15NO/c1-6-10(7-12)9(4)11(5)8(2)3/h6-7H,2,4H2,1,3,5H3/b10-6-. The summed E-state index contributed by atoms with van der Waals surface area (Å²) in [6.45, 7) is 11.2. The van der Waals surface area contributed by atoms with E-state index in [0.717, 1.165) is 12.0 Å². The molecular formula is C10H15NO. The molecule has 0 aliphatic carbocycles. The van der Waals surface area contributed by atoms with Crippen LogP contribution >= 0.6 is 0 Å². The number of carbonyl (C=O) groups excluding carboxylic acids is 1. The van der Waals surface area contributed by atoms with Gasteiger partial charge < -0.3 is 4.90 Å². The summed E-state index contributed by atoms with van der Waals surface area (Å²) in [5, 5.41) is 0. The summed E-state index contributed by atoms with van der Waals surface area (Å²) in [6, 6.07) is 0. The van der Waals surface area contributed by atoms with Gasteiger partial charge in [0.25, 0.3) is 0 Å². The zero-order chi connectivity index (χ0) is 9.72. The van der Waals surface area contributed by atoms with Gasteiger partial charge in [0.05, 0.1) is 0 Å². The average molecular weight is 165 g/mol. The van der Waals surface area contributed by atoms with Crippen LogP contribution in [0.4, 0.5) is 0 Å². The molecule has 0 rings (SSSR count). The second-order valence-electron chi connectivity index (χ2n) is 2.60. The van der Waals surface area contributed by atoms with Crippen LogP contribution in [0.5, 0.6) is 0 Å². The largest absolute Gasteiger partial charge is 0.349 e. The van der Waals surface area contributed by atoms with Crippen molar-refractivity contribution in [3.05, 3.63) is 36.2 Å². The normalized spacial score (nSPS) is 10.8. The first kappa shape index (κ1) is 10.7. The van der Waals surface area contributed by atoms with Crippen LogP contribution < -0.4 is 0 Å². The summed E-state index contributed by atoms with van der Waals surface area (Å²) < 4.78 is 0. The highest BCUT2D eigenvalue weighted by Gasteiger charge is 2.05. The van der Waals surface area contributed by atoms with E-state index in [4.69, 9.17) is 0 Å². The molecule has 0 N–H and O–H groups in total. The first-order chi connectivity index (χ1) is 5.54. The van der Waals surface area contributed by atoms with Crippen molar-refractivity contribution >= 4 is 6.29 Å². The fraction of sp³-hybridized carbons (Fsp3) is 0.300. The Kier molecular flexibility index (Phi) is 4.05. The lowest BCUT2D eigenvalue weighted by atomic mass is 10.2. The third kappa shape index (κ3) is 2.38. The van der Waals surface area contributed by atoms with Gasteiger partial charge in [-0.05, 0) is 13.8 Å². The van der Waals surface area contributed by atoms with Crippen molar-refractivity contribution < 1.29 is 4.79 Å². The zero-order valence-corrected chi connectivity index (χ0v) is 7.92. The van der Waals surface area contributed by atoms with Crippen molar-refractivity contribution in [3.63, 3.8) is 0 Å². The molecule has 0 atom stereocenters.